The minimum absolute atomic E-state index is 0.0185. The number of halogens is 1. The van der Waals surface area contributed by atoms with Crippen LogP contribution in [-0.4, -0.2) is 5.97 Å². The molecule has 0 amide bonds. The minimum Gasteiger partial charge on any atom is -0.457 e. The van der Waals surface area contributed by atoms with Crippen molar-refractivity contribution in [1.29, 1.82) is 0 Å². The normalized spacial score (nSPS) is 23.8. The third-order valence-corrected chi connectivity index (χ3v) is 3.24. The highest BCUT2D eigenvalue weighted by atomic mass is 19.1. The smallest absolute Gasteiger partial charge is 0.309 e. The quantitative estimate of drug-likeness (QED) is 0.746. The molecule has 2 rings (SSSR count). The largest absolute Gasteiger partial charge is 0.457 e. The van der Waals surface area contributed by atoms with Gasteiger partial charge in [0.25, 0.3) is 0 Å². The molecule has 1 heterocycles. The highest BCUT2D eigenvalue weighted by molar-refractivity contribution is 5.74. The second kappa shape index (κ2) is 5.30. The van der Waals surface area contributed by atoms with Gasteiger partial charge in [-0.25, -0.2) is 4.39 Å². The van der Waals surface area contributed by atoms with E-state index in [0.29, 0.717) is 0 Å². The number of ether oxygens (including phenoxy) is 1. The molecule has 1 aliphatic rings. The number of carbonyl (C=O) groups excluding carboxylic acids is 1. The number of cyclic esters (lactones) is 1. The summed E-state index contributed by atoms with van der Waals surface area (Å²) < 4.78 is 18.1. The van der Waals surface area contributed by atoms with E-state index in [4.69, 9.17) is 4.74 Å². The molecule has 3 heteroatoms. The van der Waals surface area contributed by atoms with Crippen molar-refractivity contribution in [3.8, 4) is 0 Å². The Morgan fingerprint density at radius 2 is 2.06 bits per heavy atom. The molecule has 92 valence electrons. The van der Waals surface area contributed by atoms with E-state index in [-0.39, 0.29) is 23.8 Å². The van der Waals surface area contributed by atoms with Crippen LogP contribution in [0.5, 0.6) is 0 Å². The van der Waals surface area contributed by atoms with E-state index in [1.165, 1.54) is 12.1 Å². The van der Waals surface area contributed by atoms with Crippen molar-refractivity contribution in [1.82, 2.24) is 0 Å². The van der Waals surface area contributed by atoms with Crippen LogP contribution in [0.15, 0.2) is 24.3 Å². The van der Waals surface area contributed by atoms with Crippen LogP contribution in [0.25, 0.3) is 0 Å². The van der Waals surface area contributed by atoms with Crippen LogP contribution in [0.2, 0.25) is 0 Å². The number of carbonyl (C=O) groups is 1. The standard InChI is InChI=1S/C14H17FO2/c1-2-3-4-11-9-13(17-14(11)16)10-5-7-12(15)8-6-10/h5-8,11,13H,2-4,9H2,1H3/t11-,13+/m0/s1. The van der Waals surface area contributed by atoms with Crippen molar-refractivity contribution >= 4 is 5.97 Å². The van der Waals surface area contributed by atoms with Gasteiger partial charge in [-0.1, -0.05) is 31.9 Å². The SMILES string of the molecule is CCCC[C@H]1C[C@H](c2ccc(F)cc2)OC1=O. The third-order valence-electron chi connectivity index (χ3n) is 3.24. The Kier molecular flexibility index (Phi) is 3.77. The molecule has 1 saturated heterocycles. The van der Waals surface area contributed by atoms with Gasteiger partial charge in [-0.05, 0) is 24.1 Å². The fourth-order valence-electron chi connectivity index (χ4n) is 2.21. The summed E-state index contributed by atoms with van der Waals surface area (Å²) in [4.78, 5) is 11.6. The Hall–Kier alpha value is -1.38. The van der Waals surface area contributed by atoms with Crippen LogP contribution >= 0.6 is 0 Å². The summed E-state index contributed by atoms with van der Waals surface area (Å²) in [6, 6.07) is 6.19. The Morgan fingerprint density at radius 1 is 1.35 bits per heavy atom. The first-order valence-electron chi connectivity index (χ1n) is 6.16. The molecule has 0 bridgehead atoms. The van der Waals surface area contributed by atoms with E-state index < -0.39 is 0 Å². The molecule has 0 radical (unpaired) electrons. The predicted molar refractivity (Wildman–Crippen MR) is 62.9 cm³/mol. The van der Waals surface area contributed by atoms with Gasteiger partial charge in [-0.2, -0.15) is 0 Å². The maximum atomic E-state index is 12.8. The Bertz CT molecular complexity index is 386. The molecule has 1 aromatic carbocycles. The number of hydrogen-bond donors (Lipinski definition) is 0. The topological polar surface area (TPSA) is 26.3 Å². The van der Waals surface area contributed by atoms with E-state index in [9.17, 15) is 9.18 Å². The lowest BCUT2D eigenvalue weighted by Gasteiger charge is -2.08. The van der Waals surface area contributed by atoms with Gasteiger partial charge in [-0.3, -0.25) is 4.79 Å². The zero-order chi connectivity index (χ0) is 12.3. The van der Waals surface area contributed by atoms with Crippen molar-refractivity contribution < 1.29 is 13.9 Å². The monoisotopic (exact) mass is 236 g/mol. The average Bonchev–Trinajstić information content (AvgIpc) is 2.69. The first-order chi connectivity index (χ1) is 8.20. The predicted octanol–water partition coefficient (Wildman–Crippen LogP) is 3.62. The first-order valence-corrected chi connectivity index (χ1v) is 6.16. The van der Waals surface area contributed by atoms with Gasteiger partial charge in [0.2, 0.25) is 0 Å². The van der Waals surface area contributed by atoms with Gasteiger partial charge in [0.05, 0.1) is 5.92 Å². The molecule has 1 aromatic rings. The zero-order valence-corrected chi connectivity index (χ0v) is 9.99. The molecule has 1 aliphatic heterocycles. The fourth-order valence-corrected chi connectivity index (χ4v) is 2.21. The second-order valence-corrected chi connectivity index (χ2v) is 4.55. The lowest BCUT2D eigenvalue weighted by Crippen LogP contribution is -2.06. The molecule has 2 nitrogen and oxygen atoms in total. The molecule has 0 N–H and O–H groups in total. The molecule has 0 unspecified atom stereocenters. The van der Waals surface area contributed by atoms with Crippen molar-refractivity contribution in [3.05, 3.63) is 35.6 Å². The molecule has 1 fully saturated rings. The van der Waals surface area contributed by atoms with Gasteiger partial charge >= 0.3 is 5.97 Å². The number of unbranched alkanes of at least 4 members (excludes halogenated alkanes) is 1. The third kappa shape index (κ3) is 2.84. The second-order valence-electron chi connectivity index (χ2n) is 4.55. The summed E-state index contributed by atoms with van der Waals surface area (Å²) in [5.41, 5.74) is 0.888. The van der Waals surface area contributed by atoms with E-state index in [0.717, 1.165) is 31.2 Å². The van der Waals surface area contributed by atoms with Gasteiger partial charge in [-0.15, -0.1) is 0 Å². The molecule has 0 saturated carbocycles. The Balaban J connectivity index is 2.00. The number of benzene rings is 1. The summed E-state index contributed by atoms with van der Waals surface area (Å²) in [6.07, 6.45) is 3.57. The highest BCUT2D eigenvalue weighted by Gasteiger charge is 2.34. The van der Waals surface area contributed by atoms with Gasteiger partial charge in [0.1, 0.15) is 11.9 Å². The molecule has 0 aromatic heterocycles. The lowest BCUT2D eigenvalue weighted by atomic mass is 9.96. The van der Waals surface area contributed by atoms with Crippen molar-refractivity contribution in [3.63, 3.8) is 0 Å². The molecule has 17 heavy (non-hydrogen) atoms. The van der Waals surface area contributed by atoms with Crippen LogP contribution in [0.3, 0.4) is 0 Å². The molecular weight excluding hydrogens is 219 g/mol. The number of esters is 1. The Labute approximate surface area is 101 Å². The van der Waals surface area contributed by atoms with Crippen LogP contribution in [-0.2, 0) is 9.53 Å². The number of hydrogen-bond acceptors (Lipinski definition) is 2. The van der Waals surface area contributed by atoms with Crippen LogP contribution in [0.4, 0.5) is 4.39 Å². The summed E-state index contributed by atoms with van der Waals surface area (Å²) >= 11 is 0. The molecule has 2 atom stereocenters. The van der Waals surface area contributed by atoms with E-state index in [2.05, 4.69) is 6.92 Å². The van der Waals surface area contributed by atoms with Crippen LogP contribution in [0, 0.1) is 11.7 Å². The summed E-state index contributed by atoms with van der Waals surface area (Å²) in [6.45, 7) is 2.11. The van der Waals surface area contributed by atoms with Crippen LogP contribution < -0.4 is 0 Å². The van der Waals surface area contributed by atoms with Crippen LogP contribution in [0.1, 0.15) is 44.3 Å². The van der Waals surface area contributed by atoms with Crippen molar-refractivity contribution in [2.45, 2.75) is 38.7 Å². The maximum absolute atomic E-state index is 12.8. The average molecular weight is 236 g/mol. The zero-order valence-electron chi connectivity index (χ0n) is 9.99. The number of rotatable bonds is 4. The highest BCUT2D eigenvalue weighted by Crippen LogP contribution is 2.35. The summed E-state index contributed by atoms with van der Waals surface area (Å²) in [5, 5.41) is 0. The van der Waals surface area contributed by atoms with Gasteiger partial charge in [0.15, 0.2) is 0 Å². The fraction of sp³-hybridized carbons (Fsp3) is 0.500. The summed E-state index contributed by atoms with van der Waals surface area (Å²) in [7, 11) is 0. The van der Waals surface area contributed by atoms with E-state index in [1.54, 1.807) is 12.1 Å². The Morgan fingerprint density at radius 3 is 2.71 bits per heavy atom. The van der Waals surface area contributed by atoms with Crippen molar-refractivity contribution in [2.24, 2.45) is 5.92 Å². The molecule has 0 spiro atoms. The minimum atomic E-state index is -0.263. The van der Waals surface area contributed by atoms with E-state index in [1.807, 2.05) is 0 Å². The van der Waals surface area contributed by atoms with Crippen molar-refractivity contribution in [2.75, 3.05) is 0 Å². The van der Waals surface area contributed by atoms with Gasteiger partial charge in [0, 0.05) is 6.42 Å². The van der Waals surface area contributed by atoms with Gasteiger partial charge < -0.3 is 4.74 Å². The summed E-state index contributed by atoms with van der Waals surface area (Å²) in [5.74, 6) is -0.349. The lowest BCUT2D eigenvalue weighted by molar-refractivity contribution is -0.144. The molecule has 0 aliphatic carbocycles. The first kappa shape index (κ1) is 12.1. The van der Waals surface area contributed by atoms with E-state index >= 15 is 0 Å². The maximum Gasteiger partial charge on any atom is 0.309 e. The molecular formula is C14H17FO2.